The summed E-state index contributed by atoms with van der Waals surface area (Å²) in [6.07, 6.45) is 4.33. The summed E-state index contributed by atoms with van der Waals surface area (Å²) in [6, 6.07) is 0. The zero-order valence-electron chi connectivity index (χ0n) is 6.34. The lowest BCUT2D eigenvalue weighted by Gasteiger charge is -2.10. The Bertz CT molecular complexity index is 169. The second kappa shape index (κ2) is 3.95. The highest BCUT2D eigenvalue weighted by Gasteiger charge is 2.06. The zero-order valence-corrected chi connectivity index (χ0v) is 6.34. The van der Waals surface area contributed by atoms with Gasteiger partial charge in [-0.05, 0) is 25.7 Å². The normalized spacial score (nSPS) is 17.6. The van der Waals surface area contributed by atoms with Crippen molar-refractivity contribution in [3.63, 3.8) is 0 Å². The number of carbonyl (C=O) groups is 1. The summed E-state index contributed by atoms with van der Waals surface area (Å²) in [5.41, 5.74) is 3.00. The molecule has 0 aromatic rings. The van der Waals surface area contributed by atoms with Crippen LogP contribution in [0.1, 0.15) is 32.1 Å². The van der Waals surface area contributed by atoms with Gasteiger partial charge < -0.3 is 5.11 Å². The molecule has 0 spiro atoms. The molecule has 11 heavy (non-hydrogen) atoms. The molecule has 0 saturated heterocycles. The van der Waals surface area contributed by atoms with Crippen molar-refractivity contribution in [1.82, 2.24) is 5.43 Å². The van der Waals surface area contributed by atoms with Crippen LogP contribution in [0.3, 0.4) is 0 Å². The van der Waals surface area contributed by atoms with Gasteiger partial charge in [-0.1, -0.05) is 6.42 Å². The van der Waals surface area contributed by atoms with Crippen LogP contribution in [0, 0.1) is 0 Å². The highest BCUT2D eigenvalue weighted by Crippen LogP contribution is 2.13. The van der Waals surface area contributed by atoms with E-state index in [1.54, 1.807) is 0 Å². The number of nitrogens with zero attached hydrogens (tertiary/aromatic N) is 1. The number of nitrogens with one attached hydrogen (secondary N) is 1. The van der Waals surface area contributed by atoms with Crippen LogP contribution >= 0.6 is 0 Å². The second-order valence-electron chi connectivity index (χ2n) is 2.66. The number of hydrogen-bond acceptors (Lipinski definition) is 2. The maximum absolute atomic E-state index is 10.0. The van der Waals surface area contributed by atoms with E-state index in [0.717, 1.165) is 31.4 Å². The van der Waals surface area contributed by atoms with Crippen molar-refractivity contribution in [2.75, 3.05) is 0 Å². The molecule has 0 aromatic carbocycles. The fraction of sp³-hybridized carbons (Fsp3) is 0.714. The largest absolute Gasteiger partial charge is 0.464 e. The Balaban J connectivity index is 2.32. The Morgan fingerprint density at radius 1 is 1.36 bits per heavy atom. The van der Waals surface area contributed by atoms with Crippen LogP contribution in [-0.2, 0) is 0 Å². The van der Waals surface area contributed by atoms with E-state index in [4.69, 9.17) is 5.11 Å². The van der Waals surface area contributed by atoms with Crippen LogP contribution in [0.15, 0.2) is 5.10 Å². The van der Waals surface area contributed by atoms with E-state index in [0.29, 0.717) is 0 Å². The Hall–Kier alpha value is -1.06. The van der Waals surface area contributed by atoms with E-state index in [1.807, 2.05) is 5.43 Å². The van der Waals surface area contributed by atoms with E-state index in [9.17, 15) is 4.79 Å². The lowest BCUT2D eigenvalue weighted by molar-refractivity contribution is 0.195. The van der Waals surface area contributed by atoms with Crippen molar-refractivity contribution in [3.05, 3.63) is 0 Å². The van der Waals surface area contributed by atoms with Gasteiger partial charge in [-0.25, -0.2) is 10.2 Å². The summed E-state index contributed by atoms with van der Waals surface area (Å²) in [5, 5.41) is 12.0. The molecule has 1 saturated carbocycles. The lowest BCUT2D eigenvalue weighted by Crippen LogP contribution is -2.17. The predicted molar refractivity (Wildman–Crippen MR) is 41.7 cm³/mol. The van der Waals surface area contributed by atoms with Crippen LogP contribution in [0.5, 0.6) is 0 Å². The van der Waals surface area contributed by atoms with Gasteiger partial charge in [0.1, 0.15) is 0 Å². The number of hydrazone groups is 1. The minimum atomic E-state index is -1.08. The van der Waals surface area contributed by atoms with E-state index < -0.39 is 6.09 Å². The van der Waals surface area contributed by atoms with Gasteiger partial charge >= 0.3 is 6.09 Å². The van der Waals surface area contributed by atoms with Crippen molar-refractivity contribution in [2.24, 2.45) is 5.10 Å². The Kier molecular flexibility index (Phi) is 2.89. The molecule has 1 amide bonds. The Morgan fingerprint density at radius 3 is 2.55 bits per heavy atom. The van der Waals surface area contributed by atoms with Crippen molar-refractivity contribution < 1.29 is 9.90 Å². The molecule has 0 aliphatic heterocycles. The molecule has 2 N–H and O–H groups in total. The van der Waals surface area contributed by atoms with Crippen molar-refractivity contribution in [3.8, 4) is 0 Å². The van der Waals surface area contributed by atoms with Gasteiger partial charge in [0, 0.05) is 5.71 Å². The van der Waals surface area contributed by atoms with Crippen molar-refractivity contribution in [1.29, 1.82) is 0 Å². The summed E-state index contributed by atoms with van der Waals surface area (Å²) in [4.78, 5) is 10.0. The highest BCUT2D eigenvalue weighted by molar-refractivity contribution is 5.85. The summed E-state index contributed by atoms with van der Waals surface area (Å²) >= 11 is 0. The van der Waals surface area contributed by atoms with Crippen molar-refractivity contribution in [2.45, 2.75) is 32.1 Å². The van der Waals surface area contributed by atoms with E-state index in [1.165, 1.54) is 6.42 Å². The topological polar surface area (TPSA) is 61.7 Å². The molecule has 0 radical (unpaired) electrons. The molecule has 62 valence electrons. The number of carboxylic acid groups (broad SMARTS) is 1. The molecule has 0 heterocycles. The maximum Gasteiger partial charge on any atom is 0.425 e. The third-order valence-electron chi connectivity index (χ3n) is 1.74. The first-order valence-corrected chi connectivity index (χ1v) is 3.83. The molecule has 0 unspecified atom stereocenters. The fourth-order valence-corrected chi connectivity index (χ4v) is 1.20. The van der Waals surface area contributed by atoms with E-state index in [2.05, 4.69) is 5.10 Å². The molecule has 1 aliphatic carbocycles. The standard InChI is InChI=1S/C7H12N2O2/c10-7(11)9-8-6-4-2-1-3-5-6/h9H,1-5H2,(H,10,11). The molecule has 0 atom stereocenters. The predicted octanol–water partition coefficient (Wildman–Crippen LogP) is 1.57. The first-order chi connectivity index (χ1) is 5.29. The Morgan fingerprint density at radius 2 is 2.00 bits per heavy atom. The van der Waals surface area contributed by atoms with Gasteiger partial charge in [0.05, 0.1) is 0 Å². The minimum absolute atomic E-state index is 0.945. The van der Waals surface area contributed by atoms with Crippen LogP contribution in [0.4, 0.5) is 4.79 Å². The highest BCUT2D eigenvalue weighted by atomic mass is 16.4. The van der Waals surface area contributed by atoms with Gasteiger partial charge in [-0.2, -0.15) is 5.10 Å². The molecule has 4 nitrogen and oxygen atoms in total. The third kappa shape index (κ3) is 3.02. The summed E-state index contributed by atoms with van der Waals surface area (Å²) in [5.74, 6) is 0. The monoisotopic (exact) mass is 156 g/mol. The maximum atomic E-state index is 10.0. The van der Waals surface area contributed by atoms with E-state index >= 15 is 0 Å². The lowest BCUT2D eigenvalue weighted by atomic mass is 9.99. The SMILES string of the molecule is O=C(O)NN=C1CCCCC1. The molecule has 1 rings (SSSR count). The average Bonchev–Trinajstić information content (AvgIpc) is 2.03. The summed E-state index contributed by atoms with van der Waals surface area (Å²) in [7, 11) is 0. The van der Waals surface area contributed by atoms with Gasteiger partial charge in [0.25, 0.3) is 0 Å². The molecule has 0 aromatic heterocycles. The summed E-state index contributed by atoms with van der Waals surface area (Å²) in [6.45, 7) is 0. The molecule has 4 heteroatoms. The first-order valence-electron chi connectivity index (χ1n) is 3.83. The van der Waals surface area contributed by atoms with Crippen LogP contribution in [-0.4, -0.2) is 16.9 Å². The molecule has 1 aliphatic rings. The second-order valence-corrected chi connectivity index (χ2v) is 2.66. The first kappa shape index (κ1) is 8.04. The molecular weight excluding hydrogens is 144 g/mol. The molecule has 1 fully saturated rings. The van der Waals surface area contributed by atoms with E-state index in [-0.39, 0.29) is 0 Å². The van der Waals surface area contributed by atoms with Gasteiger partial charge in [-0.3, -0.25) is 0 Å². The fourth-order valence-electron chi connectivity index (χ4n) is 1.20. The van der Waals surface area contributed by atoms with Crippen LogP contribution in [0.25, 0.3) is 0 Å². The van der Waals surface area contributed by atoms with Crippen LogP contribution < -0.4 is 5.43 Å². The average molecular weight is 156 g/mol. The number of rotatable bonds is 1. The van der Waals surface area contributed by atoms with Crippen molar-refractivity contribution >= 4 is 11.8 Å². The Labute approximate surface area is 65.3 Å². The van der Waals surface area contributed by atoms with Gasteiger partial charge in [0.15, 0.2) is 0 Å². The van der Waals surface area contributed by atoms with Gasteiger partial charge in [-0.15, -0.1) is 0 Å². The quantitative estimate of drug-likeness (QED) is 0.566. The van der Waals surface area contributed by atoms with Crippen LogP contribution in [0.2, 0.25) is 0 Å². The summed E-state index contributed by atoms with van der Waals surface area (Å²) < 4.78 is 0. The zero-order chi connectivity index (χ0) is 8.10. The number of hydrogen-bond donors (Lipinski definition) is 2. The minimum Gasteiger partial charge on any atom is -0.464 e. The number of amides is 1. The smallest absolute Gasteiger partial charge is 0.425 e. The molecule has 0 bridgehead atoms. The van der Waals surface area contributed by atoms with Gasteiger partial charge in [0.2, 0.25) is 0 Å². The molecular formula is C7H12N2O2. The third-order valence-corrected chi connectivity index (χ3v) is 1.74.